The van der Waals surface area contributed by atoms with E-state index >= 15 is 0 Å². The number of hydrogen-bond acceptors (Lipinski definition) is 6. The smallest absolute Gasteiger partial charge is 0.264 e. The monoisotopic (exact) mass is 376 g/mol. The highest BCUT2D eigenvalue weighted by Crippen LogP contribution is 2.21. The van der Waals surface area contributed by atoms with E-state index in [4.69, 9.17) is 17.4 Å². The molecule has 0 aliphatic rings. The van der Waals surface area contributed by atoms with Gasteiger partial charge in [-0.15, -0.1) is 10.2 Å². The van der Waals surface area contributed by atoms with Crippen LogP contribution in [-0.4, -0.2) is 21.1 Å². The summed E-state index contributed by atoms with van der Waals surface area (Å²) in [5.41, 5.74) is 4.54. The Morgan fingerprint density at radius 3 is 2.80 bits per heavy atom. The van der Waals surface area contributed by atoms with E-state index in [0.717, 1.165) is 11.1 Å². The molecule has 0 atom stereocenters. The lowest BCUT2D eigenvalue weighted by atomic mass is 10.2. The Bertz CT molecular complexity index is 881. The van der Waals surface area contributed by atoms with E-state index in [1.54, 1.807) is 30.5 Å². The Morgan fingerprint density at radius 1 is 1.24 bits per heavy atom. The fraction of sp³-hybridized carbons (Fsp3) is 0.0625. The first kappa shape index (κ1) is 17.2. The Kier molecular flexibility index (Phi) is 5.52. The molecule has 0 saturated heterocycles. The van der Waals surface area contributed by atoms with E-state index in [1.165, 1.54) is 28.6 Å². The maximum atomic E-state index is 12.9. The van der Waals surface area contributed by atoms with Crippen molar-refractivity contribution in [2.75, 3.05) is 11.3 Å². The highest BCUT2D eigenvalue weighted by Gasteiger charge is 2.09. The molecule has 0 bridgehead atoms. The minimum Gasteiger partial charge on any atom is -0.334 e. The predicted octanol–water partition coefficient (Wildman–Crippen LogP) is 3.52. The molecule has 6 nitrogen and oxygen atoms in total. The van der Waals surface area contributed by atoms with E-state index in [9.17, 15) is 4.39 Å². The van der Waals surface area contributed by atoms with Crippen LogP contribution in [0.2, 0.25) is 5.02 Å². The summed E-state index contributed by atoms with van der Waals surface area (Å²) in [5.74, 6) is 6.59. The summed E-state index contributed by atoms with van der Waals surface area (Å²) in [7, 11) is 0. The Labute approximate surface area is 152 Å². The van der Waals surface area contributed by atoms with Crippen LogP contribution in [0.1, 0.15) is 11.1 Å². The molecule has 0 aliphatic carbocycles. The summed E-state index contributed by atoms with van der Waals surface area (Å²) in [5, 5.41) is 13.2. The summed E-state index contributed by atoms with van der Waals surface area (Å²) >= 11 is 7.30. The number of nitrogens with two attached hydrogens (primary N) is 1. The zero-order chi connectivity index (χ0) is 17.6. The molecule has 3 N–H and O–H groups in total. The number of hydrogen-bond donors (Lipinski definition) is 2. The van der Waals surface area contributed by atoms with Gasteiger partial charge in [-0.2, -0.15) is 5.10 Å². The van der Waals surface area contributed by atoms with Gasteiger partial charge in [-0.1, -0.05) is 47.6 Å². The van der Waals surface area contributed by atoms with Gasteiger partial charge < -0.3 is 5.84 Å². The van der Waals surface area contributed by atoms with Crippen molar-refractivity contribution in [3.05, 3.63) is 70.5 Å². The maximum Gasteiger partial charge on any atom is 0.264 e. The topological polar surface area (TPSA) is 81.1 Å². The Balaban J connectivity index is 1.60. The standard InChI is InChI=1S/C16H14ClFN6S/c17-13-3-1-2-12(8-13)9-20-21-15-22-23-16(24(15)19)25-10-11-4-6-14(18)7-5-11/h1-9H,10,19H2,(H,21,22)/b20-9+. The minimum atomic E-state index is -0.264. The highest BCUT2D eigenvalue weighted by atomic mass is 35.5. The van der Waals surface area contributed by atoms with Gasteiger partial charge >= 0.3 is 0 Å². The first-order chi connectivity index (χ1) is 12.1. The second-order valence-electron chi connectivity index (χ2n) is 5.02. The van der Waals surface area contributed by atoms with Crippen molar-refractivity contribution in [2.45, 2.75) is 10.9 Å². The molecule has 128 valence electrons. The summed E-state index contributed by atoms with van der Waals surface area (Å²) in [6, 6.07) is 13.5. The van der Waals surface area contributed by atoms with Crippen LogP contribution in [0.3, 0.4) is 0 Å². The summed E-state index contributed by atoms with van der Waals surface area (Å²) in [6.07, 6.45) is 1.60. The maximum absolute atomic E-state index is 12.9. The number of nitrogen functional groups attached to an aromatic ring is 1. The van der Waals surface area contributed by atoms with Crippen LogP contribution < -0.4 is 11.3 Å². The third-order valence-corrected chi connectivity index (χ3v) is 4.42. The van der Waals surface area contributed by atoms with Gasteiger partial charge in [0, 0.05) is 10.8 Å². The van der Waals surface area contributed by atoms with E-state index in [2.05, 4.69) is 20.7 Å². The molecule has 3 rings (SSSR count). The Morgan fingerprint density at radius 2 is 2.04 bits per heavy atom. The predicted molar refractivity (Wildman–Crippen MR) is 98.8 cm³/mol. The molecule has 3 aromatic rings. The number of nitrogens with one attached hydrogen (secondary N) is 1. The minimum absolute atomic E-state index is 0.264. The molecule has 2 aromatic carbocycles. The number of benzene rings is 2. The molecular weight excluding hydrogens is 363 g/mol. The van der Waals surface area contributed by atoms with Gasteiger partial charge in [-0.05, 0) is 35.4 Å². The number of rotatable bonds is 6. The Hall–Kier alpha value is -2.58. The lowest BCUT2D eigenvalue weighted by Gasteiger charge is -2.03. The van der Waals surface area contributed by atoms with Gasteiger partial charge in [-0.3, -0.25) is 0 Å². The van der Waals surface area contributed by atoms with Gasteiger partial charge in [0.25, 0.3) is 5.95 Å². The lowest BCUT2D eigenvalue weighted by molar-refractivity contribution is 0.627. The number of aromatic nitrogens is 3. The van der Waals surface area contributed by atoms with Crippen molar-refractivity contribution in [1.29, 1.82) is 0 Å². The second-order valence-corrected chi connectivity index (χ2v) is 6.40. The van der Waals surface area contributed by atoms with Gasteiger partial charge in [-0.25, -0.2) is 14.5 Å². The number of nitrogens with zero attached hydrogens (tertiary/aromatic N) is 4. The third kappa shape index (κ3) is 4.71. The van der Waals surface area contributed by atoms with E-state index in [1.807, 2.05) is 12.1 Å². The van der Waals surface area contributed by atoms with Crippen LogP contribution in [0.5, 0.6) is 0 Å². The number of halogens is 2. The molecular formula is C16H14ClFN6S. The van der Waals surface area contributed by atoms with Crippen LogP contribution in [-0.2, 0) is 5.75 Å². The molecule has 1 heterocycles. The molecule has 0 fully saturated rings. The zero-order valence-corrected chi connectivity index (χ0v) is 14.5. The summed E-state index contributed by atoms with van der Waals surface area (Å²) in [4.78, 5) is 0. The first-order valence-corrected chi connectivity index (χ1v) is 8.60. The van der Waals surface area contributed by atoms with Crippen molar-refractivity contribution < 1.29 is 4.39 Å². The lowest BCUT2D eigenvalue weighted by Crippen LogP contribution is -2.13. The molecule has 0 aliphatic heterocycles. The van der Waals surface area contributed by atoms with Crippen LogP contribution in [0.4, 0.5) is 10.3 Å². The first-order valence-electron chi connectivity index (χ1n) is 7.24. The SMILES string of the molecule is Nn1c(N/N=C/c2cccc(Cl)c2)nnc1SCc1ccc(F)cc1. The molecule has 0 unspecified atom stereocenters. The van der Waals surface area contributed by atoms with Crippen molar-refractivity contribution in [3.8, 4) is 0 Å². The average Bonchev–Trinajstić information content (AvgIpc) is 2.95. The molecule has 0 spiro atoms. The molecule has 0 saturated carbocycles. The third-order valence-electron chi connectivity index (χ3n) is 3.17. The van der Waals surface area contributed by atoms with Crippen molar-refractivity contribution in [3.63, 3.8) is 0 Å². The van der Waals surface area contributed by atoms with Gasteiger partial charge in [0.05, 0.1) is 6.21 Å². The number of hydrazone groups is 1. The molecule has 9 heteroatoms. The van der Waals surface area contributed by atoms with Gasteiger partial charge in [0.15, 0.2) is 0 Å². The van der Waals surface area contributed by atoms with E-state index in [-0.39, 0.29) is 5.82 Å². The van der Waals surface area contributed by atoms with E-state index in [0.29, 0.717) is 21.9 Å². The largest absolute Gasteiger partial charge is 0.334 e. The van der Waals surface area contributed by atoms with Crippen molar-refractivity contribution >= 4 is 35.5 Å². The normalized spacial score (nSPS) is 11.1. The summed E-state index contributed by atoms with van der Waals surface area (Å²) in [6.45, 7) is 0. The zero-order valence-electron chi connectivity index (χ0n) is 12.9. The van der Waals surface area contributed by atoms with E-state index < -0.39 is 0 Å². The van der Waals surface area contributed by atoms with Gasteiger partial charge in [0.1, 0.15) is 5.82 Å². The number of anilines is 1. The fourth-order valence-corrected chi connectivity index (χ4v) is 2.94. The van der Waals surface area contributed by atoms with Crippen molar-refractivity contribution in [2.24, 2.45) is 5.10 Å². The fourth-order valence-electron chi connectivity index (χ4n) is 1.93. The highest BCUT2D eigenvalue weighted by molar-refractivity contribution is 7.98. The van der Waals surface area contributed by atoms with Crippen molar-refractivity contribution in [1.82, 2.24) is 14.9 Å². The number of thioether (sulfide) groups is 1. The second kappa shape index (κ2) is 8.00. The molecule has 0 amide bonds. The van der Waals surface area contributed by atoms with Crippen LogP contribution in [0, 0.1) is 5.82 Å². The van der Waals surface area contributed by atoms with Crippen LogP contribution >= 0.6 is 23.4 Å². The van der Waals surface area contributed by atoms with Gasteiger partial charge in [0.2, 0.25) is 5.16 Å². The van der Waals surface area contributed by atoms with Crippen LogP contribution in [0.25, 0.3) is 0 Å². The van der Waals surface area contributed by atoms with Crippen LogP contribution in [0.15, 0.2) is 58.8 Å². The quantitative estimate of drug-likeness (QED) is 0.298. The molecule has 25 heavy (non-hydrogen) atoms. The average molecular weight is 377 g/mol. The molecule has 1 aromatic heterocycles. The molecule has 0 radical (unpaired) electrons. The summed E-state index contributed by atoms with van der Waals surface area (Å²) < 4.78 is 14.2.